The summed E-state index contributed by atoms with van der Waals surface area (Å²) in [6.07, 6.45) is 5.22. The monoisotopic (exact) mass is 538 g/mol. The van der Waals surface area contributed by atoms with Gasteiger partial charge in [0.25, 0.3) is 0 Å². The van der Waals surface area contributed by atoms with E-state index in [0.717, 1.165) is 60.7 Å². The lowest BCUT2D eigenvalue weighted by Gasteiger charge is -2.43. The summed E-state index contributed by atoms with van der Waals surface area (Å²) in [7, 11) is 0. The van der Waals surface area contributed by atoms with E-state index < -0.39 is 0 Å². The first-order valence-electron chi connectivity index (χ1n) is 12.2. The van der Waals surface area contributed by atoms with Gasteiger partial charge in [-0.2, -0.15) is 5.10 Å². The summed E-state index contributed by atoms with van der Waals surface area (Å²) < 4.78 is 1.92. The maximum absolute atomic E-state index is 9.78. The number of benzene rings is 1. The number of nitrogens with zero attached hydrogens (tertiary/aromatic N) is 6. The Morgan fingerprint density at radius 2 is 2.00 bits per heavy atom. The van der Waals surface area contributed by atoms with Crippen LogP contribution in [0, 0.1) is 12.8 Å². The lowest BCUT2D eigenvalue weighted by Crippen LogP contribution is -2.52. The number of aryl methyl sites for hydroxylation is 1. The molecule has 7 nitrogen and oxygen atoms in total. The van der Waals surface area contributed by atoms with Gasteiger partial charge in [0.15, 0.2) is 5.65 Å². The molecule has 35 heavy (non-hydrogen) atoms. The molecule has 2 fully saturated rings. The summed E-state index contributed by atoms with van der Waals surface area (Å²) in [4.78, 5) is 14.7. The van der Waals surface area contributed by atoms with Crippen molar-refractivity contribution in [2.45, 2.75) is 58.2 Å². The molecule has 0 radical (unpaired) electrons. The Labute approximate surface area is 222 Å². The van der Waals surface area contributed by atoms with Gasteiger partial charge < -0.3 is 10.0 Å². The van der Waals surface area contributed by atoms with Crippen LogP contribution in [0.5, 0.6) is 0 Å². The van der Waals surface area contributed by atoms with Gasteiger partial charge in [0.05, 0.1) is 24.5 Å². The molecule has 0 amide bonds. The molecule has 5 rings (SSSR count). The fraction of sp³-hybridized carbons (Fsp3) is 0.560. The zero-order valence-corrected chi connectivity index (χ0v) is 22.7. The Morgan fingerprint density at radius 1 is 1.20 bits per heavy atom. The molecule has 4 atom stereocenters. The first-order chi connectivity index (χ1) is 16.4. The number of aliphatic hydroxyl groups is 1. The van der Waals surface area contributed by atoms with Gasteiger partial charge in [-0.15, -0.1) is 12.4 Å². The second-order valence-electron chi connectivity index (χ2n) is 9.77. The van der Waals surface area contributed by atoms with Crippen LogP contribution in [-0.4, -0.2) is 68.1 Å². The van der Waals surface area contributed by atoms with Crippen molar-refractivity contribution in [3.63, 3.8) is 0 Å². The standard InChI is InChI=1S/C25H32Cl2N6O.ClH/c1-15-13-31(10-8-22(15)32-9-4-5-19(32)14-34)23-12-28-24-16(2)30-33(25(24)29-23)17(3)20-7-6-18(26)11-21(20)27;/h6-7,11-12,15,17,19,22,34H,4-5,8-10,13-14H2,1-3H3;1H/t15-,17-,19+,22+;/m1./s1. The predicted octanol–water partition coefficient (Wildman–Crippen LogP) is 5.14. The van der Waals surface area contributed by atoms with Gasteiger partial charge >= 0.3 is 0 Å². The molecule has 1 N–H and O–H groups in total. The van der Waals surface area contributed by atoms with Gasteiger partial charge in [-0.05, 0) is 63.3 Å². The van der Waals surface area contributed by atoms with Crippen LogP contribution in [-0.2, 0) is 0 Å². The minimum Gasteiger partial charge on any atom is -0.395 e. The number of fused-ring (bicyclic) bond motifs is 1. The van der Waals surface area contributed by atoms with Crippen molar-refractivity contribution < 1.29 is 5.11 Å². The molecule has 2 aromatic heterocycles. The minimum atomic E-state index is -0.110. The van der Waals surface area contributed by atoms with E-state index in [1.165, 1.54) is 6.42 Å². The van der Waals surface area contributed by atoms with E-state index in [9.17, 15) is 5.11 Å². The van der Waals surface area contributed by atoms with Gasteiger partial charge in [-0.1, -0.05) is 36.2 Å². The average Bonchev–Trinajstić information content (AvgIpc) is 3.42. The van der Waals surface area contributed by atoms with Crippen LogP contribution in [0.4, 0.5) is 5.82 Å². The first kappa shape index (κ1) is 26.4. The SMILES string of the molecule is Cc1nn([C@H](C)c2ccc(Cl)cc2Cl)c2nc(N3CC[C@H](N4CCC[C@H]4CO)[C@H](C)C3)cnc12.Cl. The first-order valence-corrected chi connectivity index (χ1v) is 12.9. The van der Waals surface area contributed by atoms with E-state index >= 15 is 0 Å². The molecule has 0 unspecified atom stereocenters. The highest BCUT2D eigenvalue weighted by Gasteiger charge is 2.36. The number of hydrogen-bond acceptors (Lipinski definition) is 6. The molecule has 10 heteroatoms. The number of piperidine rings is 1. The van der Waals surface area contributed by atoms with Crippen LogP contribution in [0.2, 0.25) is 10.0 Å². The van der Waals surface area contributed by atoms with Crippen molar-refractivity contribution in [1.82, 2.24) is 24.6 Å². The fourth-order valence-corrected chi connectivity index (χ4v) is 6.33. The number of likely N-dealkylation sites (tertiary alicyclic amines) is 1. The third-order valence-corrected chi connectivity index (χ3v) is 8.14. The molecule has 2 aliphatic heterocycles. The third-order valence-electron chi connectivity index (χ3n) is 7.58. The maximum atomic E-state index is 9.78. The van der Waals surface area contributed by atoms with Gasteiger partial charge in [-0.25, -0.2) is 14.6 Å². The van der Waals surface area contributed by atoms with Crippen LogP contribution in [0.15, 0.2) is 24.4 Å². The third kappa shape index (κ3) is 4.98. The normalized spacial score (nSPS) is 24.1. The second-order valence-corrected chi connectivity index (χ2v) is 10.6. The number of anilines is 1. The highest BCUT2D eigenvalue weighted by molar-refractivity contribution is 6.35. The van der Waals surface area contributed by atoms with Gasteiger partial charge in [0, 0.05) is 35.2 Å². The Morgan fingerprint density at radius 3 is 2.71 bits per heavy atom. The molecular weight excluding hydrogens is 507 g/mol. The van der Waals surface area contributed by atoms with Crippen molar-refractivity contribution >= 4 is 52.6 Å². The predicted molar refractivity (Wildman–Crippen MR) is 144 cm³/mol. The molecule has 0 saturated carbocycles. The van der Waals surface area contributed by atoms with E-state index in [-0.39, 0.29) is 25.1 Å². The van der Waals surface area contributed by atoms with E-state index in [4.69, 9.17) is 38.3 Å². The summed E-state index contributed by atoms with van der Waals surface area (Å²) in [5.41, 5.74) is 3.37. The minimum absolute atomic E-state index is 0. The fourth-order valence-electron chi connectivity index (χ4n) is 5.76. The van der Waals surface area contributed by atoms with Crippen molar-refractivity contribution in [1.29, 1.82) is 0 Å². The smallest absolute Gasteiger partial charge is 0.179 e. The van der Waals surface area contributed by atoms with Crippen LogP contribution in [0.1, 0.15) is 50.4 Å². The van der Waals surface area contributed by atoms with Crippen molar-refractivity contribution in [3.8, 4) is 0 Å². The quantitative estimate of drug-likeness (QED) is 0.484. The Balaban J connectivity index is 0.00000289. The lowest BCUT2D eigenvalue weighted by atomic mass is 9.92. The number of hydrogen-bond donors (Lipinski definition) is 1. The zero-order valence-electron chi connectivity index (χ0n) is 20.4. The Bertz CT molecular complexity index is 1190. The lowest BCUT2D eigenvalue weighted by molar-refractivity contribution is 0.0800. The van der Waals surface area contributed by atoms with Crippen molar-refractivity contribution in [2.24, 2.45) is 5.92 Å². The average molecular weight is 540 g/mol. The van der Waals surface area contributed by atoms with Crippen molar-refractivity contribution in [3.05, 3.63) is 45.7 Å². The van der Waals surface area contributed by atoms with Gasteiger partial charge in [0.2, 0.25) is 0 Å². The van der Waals surface area contributed by atoms with Crippen LogP contribution in [0.25, 0.3) is 11.2 Å². The van der Waals surface area contributed by atoms with Crippen LogP contribution in [0.3, 0.4) is 0 Å². The summed E-state index contributed by atoms with van der Waals surface area (Å²) in [5.74, 6) is 1.37. The van der Waals surface area contributed by atoms with Crippen molar-refractivity contribution in [2.75, 3.05) is 31.1 Å². The molecule has 0 bridgehead atoms. The molecule has 2 aliphatic rings. The molecule has 4 heterocycles. The Hall–Kier alpha value is -1.64. The summed E-state index contributed by atoms with van der Waals surface area (Å²) in [6, 6.07) is 6.27. The summed E-state index contributed by atoms with van der Waals surface area (Å²) in [5, 5.41) is 15.8. The van der Waals surface area contributed by atoms with E-state index in [1.54, 1.807) is 6.07 Å². The zero-order chi connectivity index (χ0) is 24.0. The molecule has 2 saturated heterocycles. The number of aliphatic hydroxyl groups excluding tert-OH is 1. The summed E-state index contributed by atoms with van der Waals surface area (Å²) >= 11 is 12.6. The van der Waals surface area contributed by atoms with Crippen LogP contribution >= 0.6 is 35.6 Å². The van der Waals surface area contributed by atoms with Gasteiger partial charge in [-0.3, -0.25) is 4.90 Å². The van der Waals surface area contributed by atoms with E-state index in [2.05, 4.69) is 23.6 Å². The number of rotatable bonds is 5. The Kier molecular flexibility index (Phi) is 8.13. The van der Waals surface area contributed by atoms with E-state index in [0.29, 0.717) is 28.0 Å². The van der Waals surface area contributed by atoms with Crippen LogP contribution < -0.4 is 4.90 Å². The molecule has 0 spiro atoms. The molecule has 190 valence electrons. The van der Waals surface area contributed by atoms with Gasteiger partial charge in [0.1, 0.15) is 11.3 Å². The highest BCUT2D eigenvalue weighted by atomic mass is 35.5. The molecular formula is C25H33Cl3N6O. The molecule has 0 aliphatic carbocycles. The van der Waals surface area contributed by atoms with E-state index in [1.807, 2.05) is 29.9 Å². The number of aromatic nitrogens is 4. The largest absolute Gasteiger partial charge is 0.395 e. The molecule has 1 aromatic carbocycles. The molecule has 3 aromatic rings. The topological polar surface area (TPSA) is 70.3 Å². The summed E-state index contributed by atoms with van der Waals surface area (Å²) in [6.45, 7) is 9.54. The maximum Gasteiger partial charge on any atom is 0.179 e. The highest BCUT2D eigenvalue weighted by Crippen LogP contribution is 2.33. The second kappa shape index (κ2) is 10.8. The number of halogens is 3.